The zero-order valence-electron chi connectivity index (χ0n) is 10.3. The molecule has 0 spiro atoms. The molecule has 2 amide bonds. The van der Waals surface area contributed by atoms with Gasteiger partial charge < -0.3 is 10.6 Å². The smallest absolute Gasteiger partial charge is 0.315 e. The quantitative estimate of drug-likeness (QED) is 0.804. The number of benzene rings is 1. The molecule has 0 unspecified atom stereocenters. The van der Waals surface area contributed by atoms with E-state index in [1.54, 1.807) is 0 Å². The van der Waals surface area contributed by atoms with Crippen LogP contribution in [0.4, 0.5) is 4.79 Å². The van der Waals surface area contributed by atoms with Gasteiger partial charge in [0, 0.05) is 13.1 Å². The van der Waals surface area contributed by atoms with Crippen LogP contribution in [0.5, 0.6) is 0 Å². The Morgan fingerprint density at radius 3 is 2.56 bits per heavy atom. The Labute approximate surface area is 97.2 Å². The highest BCUT2D eigenvalue weighted by molar-refractivity contribution is 5.73. The zero-order valence-corrected chi connectivity index (χ0v) is 10.3. The molecule has 1 aromatic carbocycles. The lowest BCUT2D eigenvalue weighted by molar-refractivity contribution is 0.240. The maximum Gasteiger partial charge on any atom is 0.315 e. The lowest BCUT2D eigenvalue weighted by Gasteiger charge is -2.08. The molecule has 0 aromatic heterocycles. The molecule has 1 aromatic rings. The Bertz CT molecular complexity index is 361. The van der Waals surface area contributed by atoms with Gasteiger partial charge in [0.05, 0.1) is 0 Å². The van der Waals surface area contributed by atoms with Crippen LogP contribution >= 0.6 is 0 Å². The summed E-state index contributed by atoms with van der Waals surface area (Å²) < 4.78 is 0. The number of urea groups is 1. The van der Waals surface area contributed by atoms with Crippen molar-refractivity contribution in [3.63, 3.8) is 0 Å². The molecule has 0 atom stereocenters. The molecule has 0 aliphatic rings. The van der Waals surface area contributed by atoms with Crippen LogP contribution in [0.1, 0.15) is 30.0 Å². The summed E-state index contributed by atoms with van der Waals surface area (Å²) in [5.41, 5.74) is 3.67. The number of aryl methyl sites for hydroxylation is 2. The van der Waals surface area contributed by atoms with Gasteiger partial charge in [-0.15, -0.1) is 0 Å². The van der Waals surface area contributed by atoms with Crippen molar-refractivity contribution in [3.8, 4) is 0 Å². The minimum atomic E-state index is -0.0971. The third-order valence-corrected chi connectivity index (χ3v) is 2.56. The predicted molar refractivity (Wildman–Crippen MR) is 66.4 cm³/mol. The van der Waals surface area contributed by atoms with E-state index in [4.69, 9.17) is 0 Å². The maximum atomic E-state index is 11.3. The molecule has 0 bridgehead atoms. The van der Waals surface area contributed by atoms with E-state index in [9.17, 15) is 4.79 Å². The Morgan fingerprint density at radius 2 is 1.94 bits per heavy atom. The summed E-state index contributed by atoms with van der Waals surface area (Å²) in [4.78, 5) is 11.3. The monoisotopic (exact) mass is 220 g/mol. The Hall–Kier alpha value is -1.51. The van der Waals surface area contributed by atoms with E-state index in [0.717, 1.165) is 18.5 Å². The summed E-state index contributed by atoms with van der Waals surface area (Å²) in [5.74, 6) is 0. The molecule has 0 fully saturated rings. The van der Waals surface area contributed by atoms with Gasteiger partial charge in [0.1, 0.15) is 0 Å². The molecule has 0 saturated heterocycles. The van der Waals surface area contributed by atoms with Gasteiger partial charge >= 0.3 is 6.03 Å². The fraction of sp³-hybridized carbons (Fsp3) is 0.462. The van der Waals surface area contributed by atoms with Gasteiger partial charge in [-0.05, 0) is 37.0 Å². The third kappa shape index (κ3) is 3.93. The predicted octanol–water partition coefficient (Wildman–Crippen LogP) is 2.51. The lowest BCUT2D eigenvalue weighted by atomic mass is 10.1. The molecule has 1 rings (SSSR count). The minimum Gasteiger partial charge on any atom is -0.338 e. The Balaban J connectivity index is 2.42. The van der Waals surface area contributed by atoms with E-state index in [1.165, 1.54) is 11.1 Å². The zero-order chi connectivity index (χ0) is 12.0. The molecule has 88 valence electrons. The Kier molecular flexibility index (Phi) is 4.83. The summed E-state index contributed by atoms with van der Waals surface area (Å²) in [6.45, 7) is 7.50. The van der Waals surface area contributed by atoms with Crippen molar-refractivity contribution in [1.82, 2.24) is 10.6 Å². The Morgan fingerprint density at radius 1 is 1.19 bits per heavy atom. The van der Waals surface area contributed by atoms with Gasteiger partial charge in [0.25, 0.3) is 0 Å². The molecule has 3 nitrogen and oxygen atoms in total. The van der Waals surface area contributed by atoms with E-state index < -0.39 is 0 Å². The minimum absolute atomic E-state index is 0.0971. The highest BCUT2D eigenvalue weighted by Gasteiger charge is 2.00. The van der Waals surface area contributed by atoms with Crippen molar-refractivity contribution in [2.75, 3.05) is 6.54 Å². The first-order chi connectivity index (χ1) is 7.63. The maximum absolute atomic E-state index is 11.3. The first kappa shape index (κ1) is 12.6. The van der Waals surface area contributed by atoms with Crippen LogP contribution in [0.15, 0.2) is 18.2 Å². The number of carbonyl (C=O) groups excluding carboxylic acids is 1. The fourth-order valence-electron chi connectivity index (χ4n) is 1.40. The van der Waals surface area contributed by atoms with Gasteiger partial charge in [-0.3, -0.25) is 0 Å². The second-order valence-corrected chi connectivity index (χ2v) is 4.03. The van der Waals surface area contributed by atoms with Crippen molar-refractivity contribution in [1.29, 1.82) is 0 Å². The van der Waals surface area contributed by atoms with Crippen molar-refractivity contribution in [2.24, 2.45) is 0 Å². The topological polar surface area (TPSA) is 41.1 Å². The fourth-order valence-corrected chi connectivity index (χ4v) is 1.40. The highest BCUT2D eigenvalue weighted by atomic mass is 16.2. The molecule has 0 aliphatic heterocycles. The molecule has 3 heteroatoms. The van der Waals surface area contributed by atoms with E-state index in [0.29, 0.717) is 6.54 Å². The van der Waals surface area contributed by atoms with E-state index >= 15 is 0 Å². The second kappa shape index (κ2) is 6.16. The number of carbonyl (C=O) groups is 1. The summed E-state index contributed by atoms with van der Waals surface area (Å²) in [5, 5.41) is 5.61. The summed E-state index contributed by atoms with van der Waals surface area (Å²) >= 11 is 0. The average Bonchev–Trinajstić information content (AvgIpc) is 2.28. The van der Waals surface area contributed by atoms with Gasteiger partial charge in [-0.25, -0.2) is 4.79 Å². The van der Waals surface area contributed by atoms with E-state index in [2.05, 4.69) is 36.6 Å². The average molecular weight is 220 g/mol. The van der Waals surface area contributed by atoms with Crippen LogP contribution in [0.3, 0.4) is 0 Å². The summed E-state index contributed by atoms with van der Waals surface area (Å²) in [7, 11) is 0. The van der Waals surface area contributed by atoms with Gasteiger partial charge in [-0.1, -0.05) is 25.1 Å². The molecule has 0 radical (unpaired) electrons. The van der Waals surface area contributed by atoms with E-state index in [-0.39, 0.29) is 6.03 Å². The van der Waals surface area contributed by atoms with Crippen molar-refractivity contribution < 1.29 is 4.79 Å². The summed E-state index contributed by atoms with van der Waals surface area (Å²) in [6.07, 6.45) is 0.955. The number of amides is 2. The van der Waals surface area contributed by atoms with Crippen molar-refractivity contribution in [2.45, 2.75) is 33.7 Å². The largest absolute Gasteiger partial charge is 0.338 e. The number of hydrogen-bond acceptors (Lipinski definition) is 1. The normalized spacial score (nSPS) is 9.94. The van der Waals surface area contributed by atoms with Gasteiger partial charge in [0.15, 0.2) is 0 Å². The second-order valence-electron chi connectivity index (χ2n) is 4.03. The van der Waals surface area contributed by atoms with Crippen molar-refractivity contribution in [3.05, 3.63) is 34.9 Å². The van der Waals surface area contributed by atoms with E-state index in [1.807, 2.05) is 13.0 Å². The number of rotatable bonds is 4. The van der Waals surface area contributed by atoms with Gasteiger partial charge in [-0.2, -0.15) is 0 Å². The standard InChI is InChI=1S/C13H20N2O/c1-4-7-14-13(16)15-9-12-6-5-10(2)11(3)8-12/h5-6,8H,4,7,9H2,1-3H3,(H2,14,15,16). The molecular formula is C13H20N2O. The van der Waals surface area contributed by atoms with Crippen LogP contribution < -0.4 is 10.6 Å². The molecule has 0 saturated carbocycles. The molecule has 2 N–H and O–H groups in total. The molecule has 0 heterocycles. The van der Waals surface area contributed by atoms with Crippen LogP contribution in [0.25, 0.3) is 0 Å². The first-order valence-electron chi connectivity index (χ1n) is 5.71. The van der Waals surface area contributed by atoms with Crippen LogP contribution in [0.2, 0.25) is 0 Å². The lowest BCUT2D eigenvalue weighted by Crippen LogP contribution is -2.35. The molecular weight excluding hydrogens is 200 g/mol. The summed E-state index contributed by atoms with van der Waals surface area (Å²) in [6, 6.07) is 6.13. The number of nitrogens with one attached hydrogen (secondary N) is 2. The van der Waals surface area contributed by atoms with Gasteiger partial charge in [0.2, 0.25) is 0 Å². The molecule has 16 heavy (non-hydrogen) atoms. The third-order valence-electron chi connectivity index (χ3n) is 2.56. The number of hydrogen-bond donors (Lipinski definition) is 2. The molecule has 0 aliphatic carbocycles. The van der Waals surface area contributed by atoms with Crippen LogP contribution in [0, 0.1) is 13.8 Å². The SMILES string of the molecule is CCCNC(=O)NCc1ccc(C)c(C)c1. The first-order valence-corrected chi connectivity index (χ1v) is 5.71. The highest BCUT2D eigenvalue weighted by Crippen LogP contribution is 2.09. The van der Waals surface area contributed by atoms with Crippen molar-refractivity contribution >= 4 is 6.03 Å². The van der Waals surface area contributed by atoms with Crippen LogP contribution in [-0.4, -0.2) is 12.6 Å². The van der Waals surface area contributed by atoms with Crippen LogP contribution in [-0.2, 0) is 6.54 Å².